The van der Waals surface area contributed by atoms with Crippen molar-refractivity contribution in [3.8, 4) is 0 Å². The second-order valence-corrected chi connectivity index (χ2v) is 2.42. The Hall–Kier alpha value is -1.00. The van der Waals surface area contributed by atoms with Crippen molar-refractivity contribution in [1.82, 2.24) is 15.3 Å². The topological polar surface area (TPSA) is 63.8 Å². The lowest BCUT2D eigenvalue weighted by atomic mass is 10.1. The Morgan fingerprint density at radius 1 is 1.50 bits per heavy atom. The summed E-state index contributed by atoms with van der Waals surface area (Å²) in [6, 6.07) is 0. The van der Waals surface area contributed by atoms with Crippen LogP contribution in [-0.4, -0.2) is 23.6 Å². The maximum atomic E-state index is 4.50. The van der Waals surface area contributed by atoms with E-state index >= 15 is 0 Å². The normalized spacial score (nSPS) is 14.2. The Morgan fingerprint density at radius 3 is 3.08 bits per heavy atom. The number of nitrogens with two attached hydrogens (primary N) is 1. The molecule has 0 bridgehead atoms. The molecule has 0 radical (unpaired) electrons. The third-order valence-electron chi connectivity index (χ3n) is 1.74. The van der Waals surface area contributed by atoms with Crippen LogP contribution in [0.4, 0.5) is 0 Å². The highest BCUT2D eigenvalue weighted by Gasteiger charge is 2.07. The third kappa shape index (κ3) is 1.99. The molecule has 2 rings (SSSR count). The van der Waals surface area contributed by atoms with Crippen LogP contribution in [0, 0.1) is 0 Å². The van der Waals surface area contributed by atoms with Gasteiger partial charge in [-0.1, -0.05) is 0 Å². The maximum Gasteiger partial charge on any atom is 0.115 e. The number of hydrogen-bond donors (Lipinski definition) is 2. The summed E-state index contributed by atoms with van der Waals surface area (Å²) in [5.74, 6) is 0. The minimum absolute atomic E-state index is 0.901. The minimum atomic E-state index is 0.901. The average Bonchev–Trinajstić information content (AvgIpc) is 2.21. The Balaban J connectivity index is 0.000000336. The molecule has 1 aliphatic rings. The quantitative estimate of drug-likeness (QED) is 0.555. The van der Waals surface area contributed by atoms with Crippen molar-refractivity contribution in [2.75, 3.05) is 13.6 Å². The van der Waals surface area contributed by atoms with Crippen molar-refractivity contribution in [2.24, 2.45) is 5.73 Å². The van der Waals surface area contributed by atoms with E-state index in [-0.39, 0.29) is 0 Å². The van der Waals surface area contributed by atoms with Gasteiger partial charge in [0, 0.05) is 12.7 Å². The summed E-state index contributed by atoms with van der Waals surface area (Å²) in [6.07, 6.45) is 4.57. The first-order valence-corrected chi connectivity index (χ1v) is 4.03. The molecule has 66 valence electrons. The van der Waals surface area contributed by atoms with E-state index in [1.165, 1.54) is 12.6 Å². The molecule has 0 spiro atoms. The summed E-state index contributed by atoms with van der Waals surface area (Å²) in [4.78, 5) is 8.10. The largest absolute Gasteiger partial charge is 0.333 e. The van der Waals surface area contributed by atoms with Crippen molar-refractivity contribution in [3.05, 3.63) is 23.8 Å². The lowest BCUT2D eigenvalue weighted by Crippen LogP contribution is -2.24. The molecular formula is C8H14N4. The van der Waals surface area contributed by atoms with Crippen LogP contribution in [0.1, 0.15) is 11.3 Å². The number of rotatable bonds is 0. The smallest absolute Gasteiger partial charge is 0.115 e. The highest BCUT2D eigenvalue weighted by atomic mass is 14.9. The van der Waals surface area contributed by atoms with Gasteiger partial charge >= 0.3 is 0 Å². The predicted octanol–water partition coefficient (Wildman–Crippen LogP) is -0.303. The molecule has 2 heterocycles. The fourth-order valence-corrected chi connectivity index (χ4v) is 1.18. The molecule has 0 amide bonds. The van der Waals surface area contributed by atoms with Crippen molar-refractivity contribution < 1.29 is 0 Å². The fourth-order valence-electron chi connectivity index (χ4n) is 1.18. The number of aromatic nitrogens is 2. The summed E-state index contributed by atoms with van der Waals surface area (Å²) in [7, 11) is 1.50. The van der Waals surface area contributed by atoms with Gasteiger partial charge < -0.3 is 11.1 Å². The van der Waals surface area contributed by atoms with Crippen LogP contribution in [0.2, 0.25) is 0 Å². The molecule has 1 aromatic rings. The van der Waals surface area contributed by atoms with Gasteiger partial charge in [-0.2, -0.15) is 0 Å². The zero-order chi connectivity index (χ0) is 8.81. The van der Waals surface area contributed by atoms with E-state index in [1.807, 2.05) is 6.20 Å². The van der Waals surface area contributed by atoms with E-state index in [0.29, 0.717) is 0 Å². The van der Waals surface area contributed by atoms with Gasteiger partial charge in [0.1, 0.15) is 6.33 Å². The van der Waals surface area contributed by atoms with E-state index in [0.717, 1.165) is 25.2 Å². The van der Waals surface area contributed by atoms with Crippen LogP contribution in [0.25, 0.3) is 0 Å². The molecule has 0 aliphatic carbocycles. The summed E-state index contributed by atoms with van der Waals surface area (Å²) >= 11 is 0. The van der Waals surface area contributed by atoms with E-state index in [2.05, 4.69) is 21.0 Å². The summed E-state index contributed by atoms with van der Waals surface area (Å²) in [5, 5.41) is 3.25. The molecule has 0 unspecified atom stereocenters. The standard InChI is InChI=1S/C7H9N3.CH5N/c1-2-8-4-7-6(1)3-9-5-10-7;1-2/h3,5,8H,1-2,4H2;2H2,1H3. The van der Waals surface area contributed by atoms with E-state index in [1.54, 1.807) is 6.33 Å². The summed E-state index contributed by atoms with van der Waals surface area (Å²) in [6.45, 7) is 1.96. The first-order valence-electron chi connectivity index (χ1n) is 4.03. The van der Waals surface area contributed by atoms with Gasteiger partial charge in [-0.05, 0) is 25.6 Å². The van der Waals surface area contributed by atoms with Crippen molar-refractivity contribution in [2.45, 2.75) is 13.0 Å². The molecule has 4 heteroatoms. The monoisotopic (exact) mass is 166 g/mol. The van der Waals surface area contributed by atoms with Crippen LogP contribution >= 0.6 is 0 Å². The van der Waals surface area contributed by atoms with Gasteiger partial charge in [0.05, 0.1) is 5.69 Å². The van der Waals surface area contributed by atoms with Crippen molar-refractivity contribution >= 4 is 0 Å². The van der Waals surface area contributed by atoms with E-state index in [4.69, 9.17) is 0 Å². The lowest BCUT2D eigenvalue weighted by molar-refractivity contribution is 0.623. The molecule has 4 nitrogen and oxygen atoms in total. The molecular weight excluding hydrogens is 152 g/mol. The number of hydrogen-bond acceptors (Lipinski definition) is 4. The molecule has 1 aromatic heterocycles. The van der Waals surface area contributed by atoms with Gasteiger partial charge in [0.2, 0.25) is 0 Å². The molecule has 0 fully saturated rings. The van der Waals surface area contributed by atoms with Gasteiger partial charge in [0.15, 0.2) is 0 Å². The highest BCUT2D eigenvalue weighted by Crippen LogP contribution is 2.07. The molecule has 0 saturated carbocycles. The van der Waals surface area contributed by atoms with E-state index in [9.17, 15) is 0 Å². The first-order chi connectivity index (χ1) is 5.97. The second kappa shape index (κ2) is 4.79. The zero-order valence-corrected chi connectivity index (χ0v) is 7.25. The number of fused-ring (bicyclic) bond motifs is 1. The van der Waals surface area contributed by atoms with Crippen LogP contribution in [0.3, 0.4) is 0 Å². The van der Waals surface area contributed by atoms with E-state index < -0.39 is 0 Å². The molecule has 12 heavy (non-hydrogen) atoms. The molecule has 1 aliphatic heterocycles. The summed E-state index contributed by atoms with van der Waals surface area (Å²) in [5.41, 5.74) is 6.95. The van der Waals surface area contributed by atoms with Crippen LogP contribution in [0.15, 0.2) is 12.5 Å². The molecule has 3 N–H and O–H groups in total. The Bertz CT molecular complexity index is 211. The second-order valence-electron chi connectivity index (χ2n) is 2.42. The number of nitrogens with zero attached hydrogens (tertiary/aromatic N) is 2. The Morgan fingerprint density at radius 2 is 2.33 bits per heavy atom. The zero-order valence-electron chi connectivity index (χ0n) is 7.25. The van der Waals surface area contributed by atoms with Gasteiger partial charge in [0.25, 0.3) is 0 Å². The fraction of sp³-hybridized carbons (Fsp3) is 0.500. The van der Waals surface area contributed by atoms with Crippen LogP contribution < -0.4 is 11.1 Å². The lowest BCUT2D eigenvalue weighted by Gasteiger charge is -2.13. The highest BCUT2D eigenvalue weighted by molar-refractivity contribution is 5.18. The third-order valence-corrected chi connectivity index (χ3v) is 1.74. The number of nitrogens with one attached hydrogen (secondary N) is 1. The van der Waals surface area contributed by atoms with Crippen LogP contribution in [0.5, 0.6) is 0 Å². The Labute approximate surface area is 72.2 Å². The Kier molecular flexibility index (Phi) is 3.63. The van der Waals surface area contributed by atoms with Crippen molar-refractivity contribution in [3.63, 3.8) is 0 Å². The SMILES string of the molecule is CN.c1ncc2c(n1)CNCC2. The maximum absolute atomic E-state index is 4.50. The van der Waals surface area contributed by atoms with Crippen LogP contribution in [-0.2, 0) is 13.0 Å². The average molecular weight is 166 g/mol. The predicted molar refractivity (Wildman–Crippen MR) is 47.6 cm³/mol. The molecule has 0 atom stereocenters. The van der Waals surface area contributed by atoms with Gasteiger partial charge in [-0.25, -0.2) is 9.97 Å². The first kappa shape index (κ1) is 9.09. The van der Waals surface area contributed by atoms with Crippen molar-refractivity contribution in [1.29, 1.82) is 0 Å². The molecule has 0 aromatic carbocycles. The molecule has 0 saturated heterocycles. The van der Waals surface area contributed by atoms with Gasteiger partial charge in [-0.3, -0.25) is 0 Å². The summed E-state index contributed by atoms with van der Waals surface area (Å²) < 4.78 is 0. The minimum Gasteiger partial charge on any atom is -0.333 e. The van der Waals surface area contributed by atoms with Gasteiger partial charge in [-0.15, -0.1) is 0 Å².